The summed E-state index contributed by atoms with van der Waals surface area (Å²) >= 11 is 0. The van der Waals surface area contributed by atoms with Crippen LogP contribution >= 0.6 is 0 Å². The first-order valence-electron chi connectivity index (χ1n) is 3.67. The van der Waals surface area contributed by atoms with E-state index < -0.39 is 6.10 Å². The van der Waals surface area contributed by atoms with E-state index in [9.17, 15) is 4.79 Å². The number of Topliss-reactive ketones (excluding diaryl/α,β-unsaturated/α-hetero) is 1. The Morgan fingerprint density at radius 3 is 1.33 bits per heavy atom. The highest BCUT2D eigenvalue weighted by Crippen LogP contribution is 1.68. The van der Waals surface area contributed by atoms with Crippen LogP contribution in [0.3, 0.4) is 0 Å². The Balaban J connectivity index is -0.0000000553. The number of rotatable bonds is 1. The van der Waals surface area contributed by atoms with E-state index in [2.05, 4.69) is 0 Å². The molecule has 0 amide bonds. The van der Waals surface area contributed by atoms with Crippen LogP contribution in [0, 0.1) is 10.8 Å². The van der Waals surface area contributed by atoms with Crippen molar-refractivity contribution in [2.75, 3.05) is 6.61 Å². The summed E-state index contributed by atoms with van der Waals surface area (Å²) in [5.74, 6) is 0.167. The Morgan fingerprint density at radius 2 is 1.33 bits per heavy atom. The van der Waals surface area contributed by atoms with Crippen LogP contribution in [-0.2, 0) is 14.4 Å². The first-order valence-corrected chi connectivity index (χ1v) is 3.67. The van der Waals surface area contributed by atoms with Gasteiger partial charge in [0, 0.05) is 0 Å². The predicted octanol–water partition coefficient (Wildman–Crippen LogP) is -0.243. The van der Waals surface area contributed by atoms with Gasteiger partial charge in [-0.25, -0.2) is 20.4 Å². The van der Waals surface area contributed by atoms with Gasteiger partial charge >= 0.3 is 0 Å². The van der Waals surface area contributed by atoms with Crippen LogP contribution in [0.2, 0.25) is 0 Å². The molecule has 0 spiro atoms. The lowest BCUT2D eigenvalue weighted by Crippen LogP contribution is -2.03. The van der Waals surface area contributed by atoms with E-state index in [0.717, 1.165) is 12.2 Å². The molecular formula is C8H16N2O5. The maximum absolute atomic E-state index is 9.44. The minimum absolute atomic E-state index is 0.139. The van der Waals surface area contributed by atoms with E-state index in [4.69, 9.17) is 30.6 Å². The fourth-order valence-electron chi connectivity index (χ4n) is 0. The fourth-order valence-corrected chi connectivity index (χ4v) is 0. The van der Waals surface area contributed by atoms with Gasteiger partial charge in [0.15, 0.2) is 0 Å². The lowest BCUT2D eigenvalue weighted by atomic mass is 10.5. The summed E-state index contributed by atoms with van der Waals surface area (Å²) in [7, 11) is 0. The second-order valence-electron chi connectivity index (χ2n) is 2.14. The van der Waals surface area contributed by atoms with Gasteiger partial charge in [-0.1, -0.05) is 0 Å². The van der Waals surface area contributed by atoms with Gasteiger partial charge in [-0.15, -0.1) is 0 Å². The van der Waals surface area contributed by atoms with Gasteiger partial charge in [0.25, 0.3) is 0 Å². The van der Waals surface area contributed by atoms with Crippen molar-refractivity contribution < 1.29 is 24.6 Å². The molecule has 7 nitrogen and oxygen atoms in total. The molecule has 0 aliphatic heterocycles. The Labute approximate surface area is 87.8 Å². The number of hydrogen-bond donors (Lipinski definition) is 4. The first kappa shape index (κ1) is 23.3. The molecular weight excluding hydrogens is 204 g/mol. The van der Waals surface area contributed by atoms with Crippen molar-refractivity contribution in [1.82, 2.24) is 0 Å². The molecule has 0 aliphatic rings. The predicted molar refractivity (Wildman–Crippen MR) is 51.9 cm³/mol. The Kier molecular flexibility index (Phi) is 45.7. The average Bonchev–Trinajstić information content (AvgIpc) is 2.06. The number of carbonyl (C=O) groups is 1. The molecule has 0 aromatic heterocycles. The Bertz CT molecular complexity index is 175. The quantitative estimate of drug-likeness (QED) is 0.356. The van der Waals surface area contributed by atoms with Crippen LogP contribution in [0.5, 0.6) is 0 Å². The van der Waals surface area contributed by atoms with Crippen molar-refractivity contribution in [2.45, 2.75) is 26.9 Å². The van der Waals surface area contributed by atoms with Gasteiger partial charge in [-0.05, 0) is 20.8 Å². The van der Waals surface area contributed by atoms with Crippen LogP contribution in [-0.4, -0.2) is 40.9 Å². The van der Waals surface area contributed by atoms with E-state index in [1.54, 1.807) is 0 Å². The van der Waals surface area contributed by atoms with Crippen molar-refractivity contribution in [3.8, 4) is 0 Å². The van der Waals surface area contributed by atoms with Crippen LogP contribution < -0.4 is 0 Å². The number of nitrogens with one attached hydrogen (secondary N) is 2. The summed E-state index contributed by atoms with van der Waals surface area (Å²) in [5.41, 5.74) is 0. The van der Waals surface area contributed by atoms with Gasteiger partial charge in [0.2, 0.25) is 12.2 Å². The van der Waals surface area contributed by atoms with Gasteiger partial charge in [-0.2, -0.15) is 0 Å². The molecule has 7 heteroatoms. The van der Waals surface area contributed by atoms with E-state index in [-0.39, 0.29) is 12.4 Å². The average molecular weight is 220 g/mol. The van der Waals surface area contributed by atoms with Crippen LogP contribution in [0.15, 0.2) is 0 Å². The van der Waals surface area contributed by atoms with E-state index in [1.165, 1.54) is 20.8 Å². The van der Waals surface area contributed by atoms with Crippen molar-refractivity contribution in [2.24, 2.45) is 0 Å². The summed E-state index contributed by atoms with van der Waals surface area (Å²) in [5, 5.41) is 26.8. The topological polar surface area (TPSA) is 139 Å². The molecule has 0 aliphatic carbocycles. The lowest BCUT2D eigenvalue weighted by molar-refractivity contribution is -0.114. The third-order valence-electron chi connectivity index (χ3n) is 0.264. The van der Waals surface area contributed by atoms with E-state index in [0.29, 0.717) is 0 Å². The number of carbonyl (C=O) groups excluding carboxylic acids is 3. The van der Waals surface area contributed by atoms with Crippen LogP contribution in [0.1, 0.15) is 20.8 Å². The molecule has 0 bridgehead atoms. The molecule has 0 aromatic carbocycles. The van der Waals surface area contributed by atoms with Crippen LogP contribution in [0.25, 0.3) is 0 Å². The zero-order valence-electron chi connectivity index (χ0n) is 8.90. The van der Waals surface area contributed by atoms with Crippen molar-refractivity contribution in [3.63, 3.8) is 0 Å². The van der Waals surface area contributed by atoms with Gasteiger partial charge in [0.1, 0.15) is 5.78 Å². The standard InChI is InChI=1S/C3H8O2.C3H6O.2CHNO/c1-3(5)2-4;1-3(2)4;2*2-1-3/h3-5H,2H2,1H3;1-2H3;2*2H. The number of isocyanates is 2. The second-order valence-corrected chi connectivity index (χ2v) is 2.14. The highest BCUT2D eigenvalue weighted by molar-refractivity contribution is 5.72. The Morgan fingerprint density at radius 1 is 1.27 bits per heavy atom. The van der Waals surface area contributed by atoms with E-state index >= 15 is 0 Å². The van der Waals surface area contributed by atoms with E-state index in [1.807, 2.05) is 0 Å². The molecule has 0 saturated heterocycles. The Hall–Kier alpha value is -1.65. The molecule has 0 fully saturated rings. The van der Waals surface area contributed by atoms with Crippen molar-refractivity contribution >= 4 is 17.9 Å². The number of aliphatic hydroxyl groups excluding tert-OH is 2. The molecule has 0 rings (SSSR count). The van der Waals surface area contributed by atoms with Gasteiger partial charge < -0.3 is 15.0 Å². The highest BCUT2D eigenvalue weighted by Gasteiger charge is 1.83. The molecule has 15 heavy (non-hydrogen) atoms. The zero-order chi connectivity index (χ0) is 13.3. The molecule has 88 valence electrons. The molecule has 4 N–H and O–H groups in total. The minimum atomic E-state index is -0.560. The van der Waals surface area contributed by atoms with Crippen LogP contribution in [0.4, 0.5) is 0 Å². The van der Waals surface area contributed by atoms with Crippen molar-refractivity contribution in [1.29, 1.82) is 10.8 Å². The molecule has 1 unspecified atom stereocenters. The summed E-state index contributed by atoms with van der Waals surface area (Å²) in [4.78, 5) is 26.1. The maximum atomic E-state index is 9.44. The summed E-state index contributed by atoms with van der Waals surface area (Å²) in [6.45, 7) is 4.44. The normalized spacial score (nSPS) is 7.80. The molecule has 0 radical (unpaired) electrons. The maximum Gasteiger partial charge on any atom is 0.231 e. The first-order chi connectivity index (χ1) is 6.83. The summed E-state index contributed by atoms with van der Waals surface area (Å²) < 4.78 is 0. The van der Waals surface area contributed by atoms with Gasteiger partial charge in [0.05, 0.1) is 12.7 Å². The third-order valence-corrected chi connectivity index (χ3v) is 0.264. The monoisotopic (exact) mass is 220 g/mol. The molecule has 1 atom stereocenters. The lowest BCUT2D eigenvalue weighted by Gasteiger charge is -1.90. The molecule has 0 aromatic rings. The fraction of sp³-hybridized carbons (Fsp3) is 0.625. The number of hydrogen-bond acceptors (Lipinski definition) is 7. The van der Waals surface area contributed by atoms with Crippen molar-refractivity contribution in [3.05, 3.63) is 0 Å². The molecule has 0 heterocycles. The number of ketones is 1. The highest BCUT2D eigenvalue weighted by atomic mass is 16.3. The largest absolute Gasteiger partial charge is 0.394 e. The second kappa shape index (κ2) is 29.4. The SMILES string of the molecule is CC(C)=O.CC(O)CO.N=C=O.N=C=O. The smallest absolute Gasteiger partial charge is 0.231 e. The van der Waals surface area contributed by atoms with Gasteiger partial charge in [-0.3, -0.25) is 0 Å². The zero-order valence-corrected chi connectivity index (χ0v) is 8.90. The summed E-state index contributed by atoms with van der Waals surface area (Å²) in [6, 6.07) is 0. The minimum Gasteiger partial charge on any atom is -0.394 e. The summed E-state index contributed by atoms with van der Waals surface area (Å²) in [6.07, 6.45) is 0.940. The number of aliphatic hydroxyl groups is 2. The molecule has 0 saturated carbocycles. The third kappa shape index (κ3) is 10800.